The van der Waals surface area contributed by atoms with E-state index < -0.39 is 11.9 Å². The van der Waals surface area contributed by atoms with Gasteiger partial charge in [0.2, 0.25) is 0 Å². The minimum atomic E-state index is -0.532. The molecule has 0 atom stereocenters. The van der Waals surface area contributed by atoms with Gasteiger partial charge in [0, 0.05) is 15.6 Å². The summed E-state index contributed by atoms with van der Waals surface area (Å²) in [4.78, 5) is 28.8. The minimum absolute atomic E-state index is 0.122. The summed E-state index contributed by atoms with van der Waals surface area (Å²) in [5.41, 5.74) is 0.857. The van der Waals surface area contributed by atoms with Crippen molar-refractivity contribution in [3.05, 3.63) is 61.8 Å². The van der Waals surface area contributed by atoms with E-state index in [0.717, 1.165) is 4.70 Å². The van der Waals surface area contributed by atoms with E-state index in [0.29, 0.717) is 25.4 Å². The number of carbonyl (C=O) groups is 2. The first-order valence-electron chi connectivity index (χ1n) is 7.29. The van der Waals surface area contributed by atoms with Crippen molar-refractivity contribution in [1.29, 1.82) is 0 Å². The normalized spacial score (nSPS) is 11.8. The summed E-state index contributed by atoms with van der Waals surface area (Å²) >= 11 is 19.4. The molecule has 3 rings (SSSR count). The van der Waals surface area contributed by atoms with Gasteiger partial charge in [0.1, 0.15) is 6.54 Å². The van der Waals surface area contributed by atoms with Crippen LogP contribution in [0.15, 0.2) is 41.4 Å². The monoisotopic (exact) mass is 428 g/mol. The average molecular weight is 430 g/mol. The van der Waals surface area contributed by atoms with Gasteiger partial charge in [0.05, 0.1) is 22.3 Å². The largest absolute Gasteiger partial charge is 0.468 e. The first-order chi connectivity index (χ1) is 12.4. The molecule has 0 fully saturated rings. The molecule has 0 saturated heterocycles. The molecule has 3 aromatic rings. The fourth-order valence-electron chi connectivity index (χ4n) is 2.34. The molecular weight excluding hydrogens is 419 g/mol. The highest BCUT2D eigenvalue weighted by Crippen LogP contribution is 2.25. The van der Waals surface area contributed by atoms with Crippen LogP contribution in [0.1, 0.15) is 10.4 Å². The molecule has 0 saturated carbocycles. The van der Waals surface area contributed by atoms with Crippen LogP contribution in [-0.2, 0) is 16.1 Å². The number of fused-ring (bicyclic) bond motifs is 1. The Kier molecular flexibility index (Phi) is 5.67. The molecule has 0 aliphatic rings. The number of thiazole rings is 1. The number of aromatic nitrogens is 1. The molecule has 1 aromatic heterocycles. The number of hydrogen-bond donors (Lipinski definition) is 0. The van der Waals surface area contributed by atoms with Gasteiger partial charge in [-0.2, -0.15) is 4.99 Å². The molecule has 1 amide bonds. The highest BCUT2D eigenvalue weighted by molar-refractivity contribution is 7.16. The maximum atomic E-state index is 12.5. The summed E-state index contributed by atoms with van der Waals surface area (Å²) < 4.78 is 7.07. The van der Waals surface area contributed by atoms with Gasteiger partial charge >= 0.3 is 5.97 Å². The predicted molar refractivity (Wildman–Crippen MR) is 103 cm³/mol. The van der Waals surface area contributed by atoms with Gasteiger partial charge in [-0.3, -0.25) is 9.59 Å². The van der Waals surface area contributed by atoms with Crippen LogP contribution in [0.2, 0.25) is 15.1 Å². The van der Waals surface area contributed by atoms with Crippen LogP contribution < -0.4 is 4.80 Å². The second-order valence-electron chi connectivity index (χ2n) is 5.21. The maximum Gasteiger partial charge on any atom is 0.325 e. The lowest BCUT2D eigenvalue weighted by Crippen LogP contribution is -2.22. The molecule has 0 spiro atoms. The number of ether oxygens (including phenoxy) is 1. The molecule has 5 nitrogen and oxygen atoms in total. The van der Waals surface area contributed by atoms with Crippen molar-refractivity contribution >= 4 is 68.2 Å². The first kappa shape index (κ1) is 18.9. The number of halogens is 3. The zero-order chi connectivity index (χ0) is 18.8. The molecule has 0 unspecified atom stereocenters. The van der Waals surface area contributed by atoms with Gasteiger partial charge in [-0.15, -0.1) is 0 Å². The summed E-state index contributed by atoms with van der Waals surface area (Å²) in [5, 5.41) is 1.11. The highest BCUT2D eigenvalue weighted by Gasteiger charge is 2.15. The number of rotatable bonds is 3. The Hall–Kier alpha value is -1.86. The summed E-state index contributed by atoms with van der Waals surface area (Å²) in [6.07, 6.45) is 0. The Morgan fingerprint density at radius 3 is 2.50 bits per heavy atom. The van der Waals surface area contributed by atoms with Gasteiger partial charge in [0.25, 0.3) is 5.91 Å². The number of esters is 1. The third kappa shape index (κ3) is 3.94. The van der Waals surface area contributed by atoms with Crippen molar-refractivity contribution in [3.63, 3.8) is 0 Å². The van der Waals surface area contributed by atoms with E-state index in [1.165, 1.54) is 36.6 Å². The standard InChI is InChI=1S/C17H11Cl3N2O3S/c1-25-14(23)8-22-15-12(20)3-2-4-13(15)26-17(22)21-16(24)9-5-10(18)7-11(19)6-9/h2-7H,8H2,1H3. The van der Waals surface area contributed by atoms with Crippen LogP contribution in [0.25, 0.3) is 10.2 Å². The molecule has 9 heteroatoms. The van der Waals surface area contributed by atoms with Gasteiger partial charge in [-0.05, 0) is 30.3 Å². The van der Waals surface area contributed by atoms with E-state index in [9.17, 15) is 9.59 Å². The third-order valence-corrected chi connectivity index (χ3v) is 5.26. The number of methoxy groups -OCH3 is 1. The van der Waals surface area contributed by atoms with Crippen LogP contribution in [0, 0.1) is 0 Å². The SMILES string of the molecule is COC(=O)Cn1c(=NC(=O)c2cc(Cl)cc(Cl)c2)sc2cccc(Cl)c21. The van der Waals surface area contributed by atoms with Crippen molar-refractivity contribution in [3.8, 4) is 0 Å². The van der Waals surface area contributed by atoms with Crippen LogP contribution in [0.5, 0.6) is 0 Å². The van der Waals surface area contributed by atoms with Gasteiger partial charge in [-0.1, -0.05) is 52.2 Å². The second kappa shape index (κ2) is 7.80. The summed E-state index contributed by atoms with van der Waals surface area (Å²) in [5.74, 6) is -1.01. The van der Waals surface area contributed by atoms with E-state index in [1.54, 1.807) is 16.7 Å². The molecule has 0 aliphatic heterocycles. The lowest BCUT2D eigenvalue weighted by molar-refractivity contribution is -0.141. The zero-order valence-electron chi connectivity index (χ0n) is 13.3. The van der Waals surface area contributed by atoms with E-state index in [-0.39, 0.29) is 12.1 Å². The lowest BCUT2D eigenvalue weighted by Gasteiger charge is -2.05. The Bertz CT molecular complexity index is 1070. The molecule has 2 aromatic carbocycles. The van der Waals surface area contributed by atoms with Crippen molar-refractivity contribution in [1.82, 2.24) is 4.57 Å². The van der Waals surface area contributed by atoms with Crippen LogP contribution >= 0.6 is 46.1 Å². The number of benzene rings is 2. The van der Waals surface area contributed by atoms with Crippen molar-refractivity contribution in [2.24, 2.45) is 4.99 Å². The molecular formula is C17H11Cl3N2O3S. The molecule has 0 bridgehead atoms. The summed E-state index contributed by atoms with van der Waals surface area (Å²) in [7, 11) is 1.29. The van der Waals surface area contributed by atoms with Crippen LogP contribution in [0.4, 0.5) is 0 Å². The fourth-order valence-corrected chi connectivity index (χ4v) is 4.25. The van der Waals surface area contributed by atoms with Crippen molar-refractivity contribution in [2.75, 3.05) is 7.11 Å². The Morgan fingerprint density at radius 2 is 1.85 bits per heavy atom. The zero-order valence-corrected chi connectivity index (χ0v) is 16.4. The number of hydrogen-bond acceptors (Lipinski definition) is 4. The maximum absolute atomic E-state index is 12.5. The van der Waals surface area contributed by atoms with E-state index in [4.69, 9.17) is 39.5 Å². The lowest BCUT2D eigenvalue weighted by atomic mass is 10.2. The van der Waals surface area contributed by atoms with Crippen molar-refractivity contribution in [2.45, 2.75) is 6.54 Å². The molecule has 26 heavy (non-hydrogen) atoms. The van der Waals surface area contributed by atoms with Gasteiger partial charge in [-0.25, -0.2) is 0 Å². The quantitative estimate of drug-likeness (QED) is 0.573. The molecule has 0 radical (unpaired) electrons. The molecule has 134 valence electrons. The van der Waals surface area contributed by atoms with E-state index in [2.05, 4.69) is 4.99 Å². The average Bonchev–Trinajstić information content (AvgIpc) is 2.92. The Labute approximate surface area is 167 Å². The smallest absolute Gasteiger partial charge is 0.325 e. The fraction of sp³-hybridized carbons (Fsp3) is 0.118. The molecule has 0 N–H and O–H groups in total. The van der Waals surface area contributed by atoms with Crippen LogP contribution in [0.3, 0.4) is 0 Å². The Balaban J connectivity index is 2.18. The number of nitrogens with zero attached hydrogens (tertiary/aromatic N) is 2. The highest BCUT2D eigenvalue weighted by atomic mass is 35.5. The number of carbonyl (C=O) groups excluding carboxylic acids is 2. The van der Waals surface area contributed by atoms with Gasteiger partial charge in [0.15, 0.2) is 4.80 Å². The van der Waals surface area contributed by atoms with E-state index in [1.807, 2.05) is 6.07 Å². The minimum Gasteiger partial charge on any atom is -0.468 e. The molecule has 0 aliphatic carbocycles. The van der Waals surface area contributed by atoms with Crippen molar-refractivity contribution < 1.29 is 14.3 Å². The number of para-hydroxylation sites is 1. The summed E-state index contributed by atoms with van der Waals surface area (Å²) in [6.45, 7) is -0.122. The topological polar surface area (TPSA) is 60.7 Å². The summed E-state index contributed by atoms with van der Waals surface area (Å²) in [6, 6.07) is 9.79. The Morgan fingerprint density at radius 1 is 1.15 bits per heavy atom. The van der Waals surface area contributed by atoms with E-state index >= 15 is 0 Å². The van der Waals surface area contributed by atoms with Crippen LogP contribution in [-0.4, -0.2) is 23.6 Å². The second-order valence-corrected chi connectivity index (χ2v) is 7.50. The first-order valence-corrected chi connectivity index (χ1v) is 9.24. The third-order valence-electron chi connectivity index (χ3n) is 3.47. The molecule has 1 heterocycles. The number of amides is 1. The van der Waals surface area contributed by atoms with Gasteiger partial charge < -0.3 is 9.30 Å². The predicted octanol–water partition coefficient (Wildman–Crippen LogP) is 4.58.